The van der Waals surface area contributed by atoms with Crippen molar-refractivity contribution in [2.75, 3.05) is 0 Å². The molecule has 0 aliphatic carbocycles. The first kappa shape index (κ1) is 13.2. The lowest BCUT2D eigenvalue weighted by Crippen LogP contribution is -2.30. The van der Waals surface area contributed by atoms with Gasteiger partial charge < -0.3 is 5.32 Å². The minimum atomic E-state index is 0.200. The van der Waals surface area contributed by atoms with Crippen LogP contribution < -0.4 is 5.32 Å². The lowest BCUT2D eigenvalue weighted by atomic mass is 9.96. The van der Waals surface area contributed by atoms with Crippen LogP contribution in [0, 0.1) is 13.8 Å². The lowest BCUT2D eigenvalue weighted by molar-refractivity contribution is 0.524. The molecule has 1 atom stereocenters. The van der Waals surface area contributed by atoms with Gasteiger partial charge in [-0.2, -0.15) is 0 Å². The van der Waals surface area contributed by atoms with Crippen molar-refractivity contribution in [1.82, 2.24) is 10.3 Å². The van der Waals surface area contributed by atoms with Crippen LogP contribution in [0.5, 0.6) is 0 Å². The monoisotopic (exact) mass is 260 g/mol. The van der Waals surface area contributed by atoms with E-state index in [1.165, 1.54) is 16.7 Å². The standard InChI is InChI=1S/C15H20N2S/c1-10(2)17-14(15-16-8-9-18-15)13-11(3)6-5-7-12(13)4/h5-10,14,17H,1-4H3. The first-order valence-corrected chi connectivity index (χ1v) is 7.19. The van der Waals surface area contributed by atoms with Crippen LogP contribution in [-0.2, 0) is 0 Å². The maximum atomic E-state index is 4.48. The van der Waals surface area contributed by atoms with Crippen LogP contribution in [0.25, 0.3) is 0 Å². The van der Waals surface area contributed by atoms with E-state index in [0.717, 1.165) is 5.01 Å². The van der Waals surface area contributed by atoms with Crippen molar-refractivity contribution in [1.29, 1.82) is 0 Å². The van der Waals surface area contributed by atoms with Gasteiger partial charge in [-0.3, -0.25) is 0 Å². The van der Waals surface area contributed by atoms with E-state index in [0.29, 0.717) is 6.04 Å². The van der Waals surface area contributed by atoms with Gasteiger partial charge >= 0.3 is 0 Å². The highest BCUT2D eigenvalue weighted by molar-refractivity contribution is 7.09. The summed E-state index contributed by atoms with van der Waals surface area (Å²) in [5, 5.41) is 6.81. The van der Waals surface area contributed by atoms with Gasteiger partial charge in [0.2, 0.25) is 0 Å². The molecule has 0 radical (unpaired) electrons. The molecule has 0 fully saturated rings. The van der Waals surface area contributed by atoms with Crippen LogP contribution in [0.3, 0.4) is 0 Å². The number of hydrogen-bond acceptors (Lipinski definition) is 3. The quantitative estimate of drug-likeness (QED) is 0.903. The molecule has 2 rings (SSSR count). The molecule has 18 heavy (non-hydrogen) atoms. The number of nitrogens with one attached hydrogen (secondary N) is 1. The average Bonchev–Trinajstić information content (AvgIpc) is 2.80. The van der Waals surface area contributed by atoms with Crippen molar-refractivity contribution in [2.24, 2.45) is 0 Å². The molecule has 0 bridgehead atoms. The van der Waals surface area contributed by atoms with E-state index in [1.54, 1.807) is 11.3 Å². The smallest absolute Gasteiger partial charge is 0.114 e. The van der Waals surface area contributed by atoms with E-state index < -0.39 is 0 Å². The fourth-order valence-electron chi connectivity index (χ4n) is 2.27. The SMILES string of the molecule is Cc1cccc(C)c1C(NC(C)C)c1nccs1. The van der Waals surface area contributed by atoms with Crippen LogP contribution in [0.4, 0.5) is 0 Å². The summed E-state index contributed by atoms with van der Waals surface area (Å²) in [6, 6.07) is 7.09. The fraction of sp³-hybridized carbons (Fsp3) is 0.400. The summed E-state index contributed by atoms with van der Waals surface area (Å²) in [6.07, 6.45) is 1.88. The summed E-state index contributed by atoms with van der Waals surface area (Å²) in [5.41, 5.74) is 4.01. The Morgan fingerprint density at radius 1 is 1.17 bits per heavy atom. The van der Waals surface area contributed by atoms with Gasteiger partial charge in [-0.25, -0.2) is 4.98 Å². The first-order chi connectivity index (χ1) is 8.59. The zero-order valence-electron chi connectivity index (χ0n) is 11.4. The molecule has 0 saturated heterocycles. The molecule has 3 heteroatoms. The van der Waals surface area contributed by atoms with Gasteiger partial charge in [0.05, 0.1) is 6.04 Å². The molecule has 2 nitrogen and oxygen atoms in total. The summed E-state index contributed by atoms with van der Waals surface area (Å²) < 4.78 is 0. The summed E-state index contributed by atoms with van der Waals surface area (Å²) in [7, 11) is 0. The minimum absolute atomic E-state index is 0.200. The van der Waals surface area contributed by atoms with Crippen LogP contribution in [-0.4, -0.2) is 11.0 Å². The van der Waals surface area contributed by atoms with E-state index in [4.69, 9.17) is 0 Å². The Bertz CT molecular complexity index is 483. The van der Waals surface area contributed by atoms with Gasteiger partial charge in [0.25, 0.3) is 0 Å². The predicted octanol–water partition coefficient (Wildman–Crippen LogP) is 3.85. The van der Waals surface area contributed by atoms with Gasteiger partial charge in [-0.15, -0.1) is 11.3 Å². The van der Waals surface area contributed by atoms with Crippen LogP contribution in [0.2, 0.25) is 0 Å². The Kier molecular flexibility index (Phi) is 4.15. The van der Waals surface area contributed by atoms with E-state index in [1.807, 2.05) is 11.6 Å². The molecule has 2 aromatic rings. The van der Waals surface area contributed by atoms with E-state index in [-0.39, 0.29) is 6.04 Å². The number of thiazole rings is 1. The second kappa shape index (κ2) is 5.63. The topological polar surface area (TPSA) is 24.9 Å². The van der Waals surface area contributed by atoms with Crippen molar-refractivity contribution in [2.45, 2.75) is 39.8 Å². The van der Waals surface area contributed by atoms with Gasteiger partial charge in [0, 0.05) is 17.6 Å². The zero-order valence-corrected chi connectivity index (χ0v) is 12.2. The first-order valence-electron chi connectivity index (χ1n) is 6.31. The molecule has 1 aromatic carbocycles. The fourth-order valence-corrected chi connectivity index (χ4v) is 2.98. The summed E-state index contributed by atoms with van der Waals surface area (Å²) in [5.74, 6) is 0. The van der Waals surface area contributed by atoms with Crippen molar-refractivity contribution in [3.8, 4) is 0 Å². The largest absolute Gasteiger partial charge is 0.302 e. The lowest BCUT2D eigenvalue weighted by Gasteiger charge is -2.23. The van der Waals surface area contributed by atoms with Gasteiger partial charge in [-0.05, 0) is 44.4 Å². The van der Waals surface area contributed by atoms with Gasteiger partial charge in [0.1, 0.15) is 5.01 Å². The maximum absolute atomic E-state index is 4.48. The molecule has 0 aliphatic heterocycles. The van der Waals surface area contributed by atoms with Crippen molar-refractivity contribution in [3.63, 3.8) is 0 Å². The van der Waals surface area contributed by atoms with Gasteiger partial charge in [-0.1, -0.05) is 18.2 Å². The summed E-state index contributed by atoms with van der Waals surface area (Å²) in [6.45, 7) is 8.69. The molecule has 0 aliphatic rings. The third-order valence-electron chi connectivity index (χ3n) is 3.03. The van der Waals surface area contributed by atoms with Gasteiger partial charge in [0.15, 0.2) is 0 Å². The highest BCUT2D eigenvalue weighted by Gasteiger charge is 2.20. The molecule has 1 aromatic heterocycles. The van der Waals surface area contributed by atoms with E-state index in [2.05, 4.69) is 56.2 Å². The molecule has 0 saturated carbocycles. The molecule has 1 heterocycles. The Labute approximate surface area is 113 Å². The minimum Gasteiger partial charge on any atom is -0.302 e. The highest BCUT2D eigenvalue weighted by atomic mass is 32.1. The van der Waals surface area contributed by atoms with E-state index in [9.17, 15) is 0 Å². The average molecular weight is 260 g/mol. The number of nitrogens with zero attached hydrogens (tertiary/aromatic N) is 1. The normalized spacial score (nSPS) is 12.9. The van der Waals surface area contributed by atoms with Crippen molar-refractivity contribution < 1.29 is 0 Å². The number of hydrogen-bond donors (Lipinski definition) is 1. The Morgan fingerprint density at radius 2 is 1.83 bits per heavy atom. The van der Waals surface area contributed by atoms with Crippen LogP contribution in [0.1, 0.15) is 41.6 Å². The molecule has 0 amide bonds. The van der Waals surface area contributed by atoms with E-state index >= 15 is 0 Å². The number of aryl methyl sites for hydroxylation is 2. The molecule has 1 unspecified atom stereocenters. The highest BCUT2D eigenvalue weighted by Crippen LogP contribution is 2.29. The Hall–Kier alpha value is -1.19. The zero-order chi connectivity index (χ0) is 13.1. The van der Waals surface area contributed by atoms with Crippen molar-refractivity contribution in [3.05, 3.63) is 51.5 Å². The molecule has 96 valence electrons. The molecule has 0 spiro atoms. The van der Waals surface area contributed by atoms with Crippen LogP contribution in [0.15, 0.2) is 29.8 Å². The number of rotatable bonds is 4. The molecular formula is C15H20N2S. The van der Waals surface area contributed by atoms with Crippen molar-refractivity contribution >= 4 is 11.3 Å². The summed E-state index contributed by atoms with van der Waals surface area (Å²) >= 11 is 1.71. The third-order valence-corrected chi connectivity index (χ3v) is 3.87. The third kappa shape index (κ3) is 2.79. The van der Waals surface area contributed by atoms with Crippen LogP contribution >= 0.6 is 11.3 Å². The number of benzene rings is 1. The number of aromatic nitrogens is 1. The molecular weight excluding hydrogens is 240 g/mol. The Morgan fingerprint density at radius 3 is 2.33 bits per heavy atom. The second-order valence-electron chi connectivity index (χ2n) is 4.93. The molecule has 1 N–H and O–H groups in total. The maximum Gasteiger partial charge on any atom is 0.114 e. The second-order valence-corrected chi connectivity index (χ2v) is 5.86. The predicted molar refractivity (Wildman–Crippen MR) is 78.1 cm³/mol. The Balaban J connectivity index is 2.46. The summed E-state index contributed by atoms with van der Waals surface area (Å²) in [4.78, 5) is 4.48.